The molecule has 0 bridgehead atoms. The largest absolute Gasteiger partial charge is 0.456 e. The first-order valence-electron chi connectivity index (χ1n) is 9.02. The van der Waals surface area contributed by atoms with Crippen molar-refractivity contribution in [1.29, 1.82) is 0 Å². The number of rotatable bonds is 6. The lowest BCUT2D eigenvalue weighted by molar-refractivity contribution is 0.103. The molecule has 0 saturated heterocycles. The molecule has 162 valence electrons. The molecule has 0 amide bonds. The highest BCUT2D eigenvalue weighted by Crippen LogP contribution is 2.40. The van der Waals surface area contributed by atoms with Gasteiger partial charge in [-0.25, -0.2) is 0 Å². The van der Waals surface area contributed by atoms with Gasteiger partial charge in [-0.15, -0.1) is 0 Å². The number of benzene rings is 3. The van der Waals surface area contributed by atoms with Crippen LogP contribution in [0.2, 0.25) is 0 Å². The minimum Gasteiger partial charge on any atom is -0.456 e. The second-order valence-electron chi connectivity index (χ2n) is 7.02. The molecule has 0 aliphatic heterocycles. The van der Waals surface area contributed by atoms with Gasteiger partial charge in [0, 0.05) is 11.1 Å². The Morgan fingerprint density at radius 3 is 2.19 bits per heavy atom. The number of hydrogen-bond acceptors (Lipinski definition) is 4. The third-order valence-electron chi connectivity index (χ3n) is 4.55. The first kappa shape index (κ1) is 23.1. The number of ketones is 1. The van der Waals surface area contributed by atoms with Crippen molar-refractivity contribution >= 4 is 31.6 Å². The van der Waals surface area contributed by atoms with Gasteiger partial charge in [-0.2, -0.15) is 0 Å². The van der Waals surface area contributed by atoms with Crippen molar-refractivity contribution < 1.29 is 38.2 Å². The van der Waals surface area contributed by atoms with Crippen LogP contribution in [-0.2, 0) is 9.13 Å². The van der Waals surface area contributed by atoms with Crippen molar-refractivity contribution in [1.82, 2.24) is 0 Å². The SMILES string of the molecule is Cc1ccc(C)c(C(=O)c2ccc(Oc3cccc(P(=O)(O)O)c3)c(P(=O)(O)O)c2)c1. The standard InChI is InChI=1S/C21H20O8P2/c1-13-6-7-14(2)18(10-13)21(22)15-8-9-19(20(11-15)31(26,27)28)29-16-4-3-5-17(12-16)30(23,24)25/h3-12H,1-2H3,(H2,23,24,25)(H2,26,27,28). The molecular weight excluding hydrogens is 442 g/mol. The number of hydrogen-bond donors (Lipinski definition) is 4. The van der Waals surface area contributed by atoms with E-state index in [9.17, 15) is 33.5 Å². The summed E-state index contributed by atoms with van der Waals surface area (Å²) in [6, 6.07) is 14.1. The Morgan fingerprint density at radius 2 is 1.55 bits per heavy atom. The molecular formula is C21H20O8P2. The Labute approximate surface area is 178 Å². The number of carbonyl (C=O) groups is 1. The van der Waals surface area contributed by atoms with E-state index >= 15 is 0 Å². The van der Waals surface area contributed by atoms with Crippen molar-refractivity contribution in [3.63, 3.8) is 0 Å². The third-order valence-corrected chi connectivity index (χ3v) is 6.48. The van der Waals surface area contributed by atoms with Crippen LogP contribution in [-0.4, -0.2) is 25.4 Å². The van der Waals surface area contributed by atoms with Crippen LogP contribution in [0.1, 0.15) is 27.0 Å². The van der Waals surface area contributed by atoms with Crippen LogP contribution in [0.15, 0.2) is 60.7 Å². The Bertz CT molecular complexity index is 1260. The van der Waals surface area contributed by atoms with Crippen LogP contribution in [0, 0.1) is 13.8 Å². The molecule has 0 spiro atoms. The third kappa shape index (κ3) is 5.38. The summed E-state index contributed by atoms with van der Waals surface area (Å²) < 4.78 is 29.0. The molecule has 31 heavy (non-hydrogen) atoms. The van der Waals surface area contributed by atoms with Crippen LogP contribution in [0.5, 0.6) is 11.5 Å². The van der Waals surface area contributed by atoms with E-state index in [1.54, 1.807) is 19.1 Å². The summed E-state index contributed by atoms with van der Waals surface area (Å²) in [7, 11) is -9.38. The zero-order chi connectivity index (χ0) is 23.0. The molecule has 4 N–H and O–H groups in total. The van der Waals surface area contributed by atoms with Crippen LogP contribution >= 0.6 is 15.2 Å². The lowest BCUT2D eigenvalue weighted by atomic mass is 9.97. The van der Waals surface area contributed by atoms with Crippen molar-refractivity contribution in [3.05, 3.63) is 82.9 Å². The maximum Gasteiger partial charge on any atom is 0.360 e. The average molecular weight is 462 g/mol. The van der Waals surface area contributed by atoms with Crippen molar-refractivity contribution in [2.24, 2.45) is 0 Å². The van der Waals surface area contributed by atoms with Crippen LogP contribution in [0.4, 0.5) is 0 Å². The molecule has 3 aromatic carbocycles. The molecule has 0 heterocycles. The fourth-order valence-electron chi connectivity index (χ4n) is 2.96. The highest BCUT2D eigenvalue weighted by Gasteiger charge is 2.26. The Kier molecular flexibility index (Phi) is 6.35. The molecule has 3 aromatic rings. The van der Waals surface area contributed by atoms with Gasteiger partial charge in [-0.05, 0) is 61.9 Å². The molecule has 0 aliphatic carbocycles. The summed E-state index contributed by atoms with van der Waals surface area (Å²) in [5, 5.41) is -0.810. The van der Waals surface area contributed by atoms with E-state index in [0.717, 1.165) is 23.3 Å². The van der Waals surface area contributed by atoms with Gasteiger partial charge in [0.1, 0.15) is 16.8 Å². The topological polar surface area (TPSA) is 141 Å². The summed E-state index contributed by atoms with van der Waals surface area (Å²) in [4.78, 5) is 51.2. The van der Waals surface area contributed by atoms with E-state index < -0.39 is 26.3 Å². The summed E-state index contributed by atoms with van der Waals surface area (Å²) in [6.07, 6.45) is 0. The summed E-state index contributed by atoms with van der Waals surface area (Å²) in [5.74, 6) is -0.649. The van der Waals surface area contributed by atoms with E-state index in [-0.39, 0.29) is 22.4 Å². The first-order chi connectivity index (χ1) is 14.4. The second-order valence-corrected chi connectivity index (χ2v) is 10.2. The van der Waals surface area contributed by atoms with E-state index in [4.69, 9.17) is 4.74 Å². The molecule has 8 nitrogen and oxygen atoms in total. The fraction of sp³-hybridized carbons (Fsp3) is 0.0952. The van der Waals surface area contributed by atoms with Gasteiger partial charge >= 0.3 is 15.2 Å². The molecule has 0 unspecified atom stereocenters. The van der Waals surface area contributed by atoms with Gasteiger partial charge in [0.2, 0.25) is 0 Å². The Balaban J connectivity index is 2.04. The van der Waals surface area contributed by atoms with E-state index in [2.05, 4.69) is 0 Å². The molecule has 0 radical (unpaired) electrons. The minimum atomic E-state index is -4.85. The molecule has 3 rings (SSSR count). The highest BCUT2D eigenvalue weighted by atomic mass is 31.2. The van der Waals surface area contributed by atoms with Gasteiger partial charge in [-0.3, -0.25) is 13.9 Å². The lowest BCUT2D eigenvalue weighted by Gasteiger charge is -2.15. The molecule has 10 heteroatoms. The maximum absolute atomic E-state index is 12.9. The van der Waals surface area contributed by atoms with Crippen LogP contribution < -0.4 is 15.3 Å². The second kappa shape index (κ2) is 8.52. The number of aryl methyl sites for hydroxylation is 2. The molecule has 0 fully saturated rings. The zero-order valence-corrected chi connectivity index (χ0v) is 18.4. The first-order valence-corrected chi connectivity index (χ1v) is 12.2. The van der Waals surface area contributed by atoms with E-state index in [1.807, 2.05) is 13.0 Å². The summed E-state index contributed by atoms with van der Waals surface area (Å²) >= 11 is 0. The van der Waals surface area contributed by atoms with Crippen LogP contribution in [0.25, 0.3) is 0 Å². The van der Waals surface area contributed by atoms with Gasteiger partial charge < -0.3 is 24.3 Å². The van der Waals surface area contributed by atoms with Crippen LogP contribution in [0.3, 0.4) is 0 Å². The predicted octanol–water partition coefficient (Wildman–Crippen LogP) is 2.93. The predicted molar refractivity (Wildman–Crippen MR) is 116 cm³/mol. The fourth-order valence-corrected chi connectivity index (χ4v) is 4.25. The Hall–Kier alpha value is -2.57. The zero-order valence-electron chi connectivity index (χ0n) is 16.6. The summed E-state index contributed by atoms with van der Waals surface area (Å²) in [5.41, 5.74) is 2.08. The lowest BCUT2D eigenvalue weighted by Crippen LogP contribution is -2.13. The minimum absolute atomic E-state index is 0.0240. The van der Waals surface area contributed by atoms with Crippen molar-refractivity contribution in [3.8, 4) is 11.5 Å². The van der Waals surface area contributed by atoms with Crippen molar-refractivity contribution in [2.45, 2.75) is 13.8 Å². The summed E-state index contributed by atoms with van der Waals surface area (Å²) in [6.45, 7) is 3.60. The highest BCUT2D eigenvalue weighted by molar-refractivity contribution is 7.60. The maximum atomic E-state index is 12.9. The van der Waals surface area contributed by atoms with Crippen molar-refractivity contribution in [2.75, 3.05) is 0 Å². The van der Waals surface area contributed by atoms with E-state index in [1.165, 1.54) is 30.3 Å². The smallest absolute Gasteiger partial charge is 0.360 e. The molecule has 0 aliphatic rings. The van der Waals surface area contributed by atoms with Gasteiger partial charge in [0.05, 0.1) is 5.30 Å². The molecule has 0 atom stereocenters. The van der Waals surface area contributed by atoms with Gasteiger partial charge in [-0.1, -0.05) is 23.8 Å². The molecule has 0 saturated carbocycles. The average Bonchev–Trinajstić information content (AvgIpc) is 2.68. The normalized spacial score (nSPS) is 11.9. The monoisotopic (exact) mass is 462 g/mol. The van der Waals surface area contributed by atoms with Gasteiger partial charge in [0.15, 0.2) is 5.78 Å². The molecule has 0 aromatic heterocycles. The van der Waals surface area contributed by atoms with Gasteiger partial charge in [0.25, 0.3) is 0 Å². The Morgan fingerprint density at radius 1 is 0.839 bits per heavy atom. The number of ether oxygens (including phenoxy) is 1. The quantitative estimate of drug-likeness (QED) is 0.324. The van der Waals surface area contributed by atoms with E-state index in [0.29, 0.717) is 5.56 Å². The number of carbonyl (C=O) groups excluding carboxylic acids is 1.